The van der Waals surface area contributed by atoms with Gasteiger partial charge in [-0.3, -0.25) is 0 Å². The molecule has 0 radical (unpaired) electrons. The molecule has 168 valence electrons. The quantitative estimate of drug-likeness (QED) is 0.171. The first kappa shape index (κ1) is 24.4. The summed E-state index contributed by atoms with van der Waals surface area (Å²) in [5.74, 6) is -0.272. The van der Waals surface area contributed by atoms with Crippen LogP contribution in [0.2, 0.25) is 0 Å². The number of rotatable bonds is 9. The zero-order valence-electron chi connectivity index (χ0n) is 19.6. The Balaban J connectivity index is 2.01. The van der Waals surface area contributed by atoms with E-state index < -0.39 is 7.26 Å². The average molecular weight is 456 g/mol. The molecule has 3 aromatic carbocycles. The van der Waals surface area contributed by atoms with Crippen molar-refractivity contribution in [3.8, 4) is 0 Å². The molecule has 2 nitrogen and oxygen atoms in total. The lowest BCUT2D eigenvalue weighted by Crippen LogP contribution is -2.33. The van der Waals surface area contributed by atoms with E-state index in [9.17, 15) is 4.79 Å². The molecule has 0 N–H and O–H groups in total. The smallest absolute Gasteiger partial charge is 0.333 e. The summed E-state index contributed by atoms with van der Waals surface area (Å²) in [5, 5.41) is 4.11. The van der Waals surface area contributed by atoms with Gasteiger partial charge in [-0.1, -0.05) is 78.4 Å². The number of carbonyl (C=O) groups excluding carboxylic acids is 1. The number of hydrogen-bond donors (Lipinski definition) is 0. The fourth-order valence-corrected chi connectivity index (χ4v) is 7.95. The first-order chi connectivity index (χ1) is 16.1. The zero-order valence-corrected chi connectivity index (χ0v) is 20.5. The summed E-state index contributed by atoms with van der Waals surface area (Å²) < 4.78 is 5.05. The molecule has 0 aromatic heterocycles. The summed E-state index contributed by atoms with van der Waals surface area (Å²) in [4.78, 5) is 11.8. The minimum Gasteiger partial charge on any atom is -0.463 e. The van der Waals surface area contributed by atoms with Crippen LogP contribution < -0.4 is 15.9 Å². The molecule has 0 amide bonds. The Labute approximate surface area is 198 Å². The van der Waals surface area contributed by atoms with Crippen LogP contribution in [0.5, 0.6) is 0 Å². The van der Waals surface area contributed by atoms with E-state index >= 15 is 0 Å². The third-order valence-corrected chi connectivity index (χ3v) is 9.85. The molecule has 3 rings (SSSR count). The summed E-state index contributed by atoms with van der Waals surface area (Å²) in [6.07, 6.45) is 9.03. The molecule has 33 heavy (non-hydrogen) atoms. The van der Waals surface area contributed by atoms with Gasteiger partial charge in [-0.25, -0.2) is 4.79 Å². The molecule has 3 aromatic rings. The normalized spacial score (nSPS) is 12.7. The van der Waals surface area contributed by atoms with Crippen LogP contribution in [-0.2, 0) is 9.53 Å². The molecule has 0 bridgehead atoms. The molecule has 0 spiro atoms. The Kier molecular flexibility index (Phi) is 8.98. The van der Waals surface area contributed by atoms with Gasteiger partial charge in [-0.2, -0.15) is 0 Å². The van der Waals surface area contributed by atoms with Crippen molar-refractivity contribution in [2.45, 2.75) is 20.8 Å². The van der Waals surface area contributed by atoms with E-state index in [1.54, 1.807) is 6.92 Å². The Bertz CT molecular complexity index is 1020. The SMILES string of the molecule is CCOC(=O)C(C)=CC=CC(C)=CC[P+](c1ccccc1)(c1ccccc1)c1ccccc1. The standard InChI is InChI=1S/C30H32O2P/c1-4-32-30(31)26(3)16-14-15-25(2)23-24-33(27-17-8-5-9-18-27,28-19-10-6-11-20-28)29-21-12-7-13-22-29/h5-23H,4,24H2,1-3H3/q+1. The van der Waals surface area contributed by atoms with Crippen molar-refractivity contribution >= 4 is 29.1 Å². The molecule has 0 aliphatic carbocycles. The third kappa shape index (κ3) is 6.18. The van der Waals surface area contributed by atoms with Crippen LogP contribution in [0.3, 0.4) is 0 Å². The largest absolute Gasteiger partial charge is 0.463 e. The fourth-order valence-electron chi connectivity index (χ4n) is 3.82. The molecule has 0 aliphatic heterocycles. The summed E-state index contributed by atoms with van der Waals surface area (Å²) in [5.41, 5.74) is 1.76. The number of benzene rings is 3. The molecule has 0 heterocycles. The Morgan fingerprint density at radius 1 is 0.788 bits per heavy atom. The third-order valence-electron chi connectivity index (χ3n) is 5.58. The van der Waals surface area contributed by atoms with Crippen molar-refractivity contribution in [3.05, 3.63) is 126 Å². The van der Waals surface area contributed by atoms with E-state index in [0.29, 0.717) is 12.2 Å². The van der Waals surface area contributed by atoms with Gasteiger partial charge in [0.15, 0.2) is 0 Å². The highest BCUT2D eigenvalue weighted by atomic mass is 31.2. The summed E-state index contributed by atoms with van der Waals surface area (Å²) in [6.45, 7) is 6.09. The van der Waals surface area contributed by atoms with Crippen LogP contribution in [-0.4, -0.2) is 18.7 Å². The molecular weight excluding hydrogens is 423 g/mol. The zero-order chi connectivity index (χ0) is 23.5. The second-order valence-electron chi connectivity index (χ2n) is 7.88. The van der Waals surface area contributed by atoms with E-state index in [1.165, 1.54) is 15.9 Å². The van der Waals surface area contributed by atoms with Crippen LogP contribution in [0.4, 0.5) is 0 Å². The molecule has 0 fully saturated rings. The van der Waals surface area contributed by atoms with E-state index in [0.717, 1.165) is 11.7 Å². The first-order valence-corrected chi connectivity index (χ1v) is 13.3. The van der Waals surface area contributed by atoms with Gasteiger partial charge >= 0.3 is 5.97 Å². The second-order valence-corrected chi connectivity index (χ2v) is 11.4. The van der Waals surface area contributed by atoms with Crippen molar-refractivity contribution in [1.82, 2.24) is 0 Å². The average Bonchev–Trinajstić information content (AvgIpc) is 2.86. The molecule has 3 heteroatoms. The van der Waals surface area contributed by atoms with Gasteiger partial charge in [0, 0.05) is 5.57 Å². The van der Waals surface area contributed by atoms with Crippen molar-refractivity contribution in [2.75, 3.05) is 12.8 Å². The van der Waals surface area contributed by atoms with Gasteiger partial charge < -0.3 is 4.74 Å². The van der Waals surface area contributed by atoms with E-state index in [2.05, 4.69) is 110 Å². The van der Waals surface area contributed by atoms with Gasteiger partial charge in [-0.05, 0) is 63.2 Å². The Hall–Kier alpha value is -3.22. The highest BCUT2D eigenvalue weighted by molar-refractivity contribution is 7.95. The lowest BCUT2D eigenvalue weighted by Gasteiger charge is -2.26. The number of ether oxygens (including phenoxy) is 1. The predicted octanol–water partition coefficient (Wildman–Crippen LogP) is 5.99. The van der Waals surface area contributed by atoms with Crippen LogP contribution >= 0.6 is 7.26 Å². The van der Waals surface area contributed by atoms with Gasteiger partial charge in [0.25, 0.3) is 0 Å². The molecule has 0 aliphatic rings. The highest BCUT2D eigenvalue weighted by Crippen LogP contribution is 2.55. The van der Waals surface area contributed by atoms with E-state index in [1.807, 2.05) is 19.1 Å². The summed E-state index contributed by atoms with van der Waals surface area (Å²) in [7, 11) is -1.88. The highest BCUT2D eigenvalue weighted by Gasteiger charge is 2.44. The van der Waals surface area contributed by atoms with Crippen LogP contribution in [0.15, 0.2) is 126 Å². The number of carbonyl (C=O) groups is 1. The van der Waals surface area contributed by atoms with Crippen molar-refractivity contribution in [1.29, 1.82) is 0 Å². The Morgan fingerprint density at radius 2 is 1.24 bits per heavy atom. The molecule has 0 unspecified atom stereocenters. The maximum atomic E-state index is 11.8. The van der Waals surface area contributed by atoms with Gasteiger partial charge in [0.2, 0.25) is 0 Å². The predicted molar refractivity (Wildman–Crippen MR) is 143 cm³/mol. The van der Waals surface area contributed by atoms with Gasteiger partial charge in [-0.15, -0.1) is 0 Å². The monoisotopic (exact) mass is 455 g/mol. The topological polar surface area (TPSA) is 26.3 Å². The lowest BCUT2D eigenvalue weighted by molar-refractivity contribution is -0.138. The van der Waals surface area contributed by atoms with E-state index in [4.69, 9.17) is 4.74 Å². The van der Waals surface area contributed by atoms with Crippen LogP contribution in [0, 0.1) is 0 Å². The Morgan fingerprint density at radius 3 is 1.67 bits per heavy atom. The molecule has 0 atom stereocenters. The molecule has 0 saturated carbocycles. The summed E-state index contributed by atoms with van der Waals surface area (Å²) in [6, 6.07) is 32.6. The second kappa shape index (κ2) is 12.1. The maximum absolute atomic E-state index is 11.8. The molecule has 0 saturated heterocycles. The fraction of sp³-hybridized carbons (Fsp3) is 0.167. The van der Waals surface area contributed by atoms with Crippen molar-refractivity contribution < 1.29 is 9.53 Å². The van der Waals surface area contributed by atoms with E-state index in [-0.39, 0.29) is 5.97 Å². The molecular formula is C30H32O2P+. The minimum atomic E-state index is -1.88. The number of esters is 1. The maximum Gasteiger partial charge on any atom is 0.333 e. The van der Waals surface area contributed by atoms with Crippen LogP contribution in [0.1, 0.15) is 20.8 Å². The van der Waals surface area contributed by atoms with Crippen LogP contribution in [0.25, 0.3) is 0 Å². The minimum absolute atomic E-state index is 0.272. The lowest BCUT2D eigenvalue weighted by atomic mass is 10.2. The van der Waals surface area contributed by atoms with Crippen molar-refractivity contribution in [3.63, 3.8) is 0 Å². The van der Waals surface area contributed by atoms with Crippen molar-refractivity contribution in [2.24, 2.45) is 0 Å². The van der Waals surface area contributed by atoms with Gasteiger partial charge in [0.1, 0.15) is 23.2 Å². The number of hydrogen-bond acceptors (Lipinski definition) is 2. The number of allylic oxidation sites excluding steroid dienone is 5. The summed E-state index contributed by atoms with van der Waals surface area (Å²) >= 11 is 0. The van der Waals surface area contributed by atoms with Gasteiger partial charge in [0.05, 0.1) is 12.8 Å². The first-order valence-electron chi connectivity index (χ1n) is 11.3.